The fourth-order valence-electron chi connectivity index (χ4n) is 4.06. The van der Waals surface area contributed by atoms with Crippen LogP contribution in [-0.4, -0.2) is 52.1 Å². The number of anilines is 2. The maximum Gasteiger partial charge on any atom is 0.442 e. The smallest absolute Gasteiger partial charge is 0.442 e. The van der Waals surface area contributed by atoms with Gasteiger partial charge in [0.15, 0.2) is 0 Å². The standard InChI is InChI=1S/C26H31F5N4O4S/c1-16-14-19(26(29,30)31)33-21(35-12-7-10-25(27,28)11-13-35)20(16)22(36)32-17-8-6-9-18(15-17)40(5,38)34-23(37)39-24(2,3)4/h6,8-9,14-15H,7,10-13H2,1-5H3,(H,32,36)/t40-/m1/s1. The number of aryl methyl sites for hydroxylation is 1. The Hall–Kier alpha value is -3.29. The quantitative estimate of drug-likeness (QED) is 0.399. The van der Waals surface area contributed by atoms with Crippen LogP contribution in [0.2, 0.25) is 0 Å². The van der Waals surface area contributed by atoms with E-state index in [4.69, 9.17) is 4.74 Å². The third kappa shape index (κ3) is 8.12. The molecular formula is C26H31F5N4O4S. The van der Waals surface area contributed by atoms with E-state index < -0.39 is 58.0 Å². The molecule has 0 unspecified atom stereocenters. The molecule has 1 fully saturated rings. The number of hydrogen-bond acceptors (Lipinski definition) is 6. The zero-order chi connectivity index (χ0) is 30.1. The first-order valence-corrected chi connectivity index (χ1v) is 14.3. The van der Waals surface area contributed by atoms with E-state index in [2.05, 4.69) is 14.7 Å². The minimum atomic E-state index is -4.82. The van der Waals surface area contributed by atoms with Gasteiger partial charge in [-0.25, -0.2) is 22.8 Å². The molecule has 1 aliphatic heterocycles. The molecule has 1 N–H and O–H groups in total. The molecule has 3 rings (SSSR count). The van der Waals surface area contributed by atoms with Crippen LogP contribution in [-0.2, 0) is 20.6 Å². The monoisotopic (exact) mass is 590 g/mol. The highest BCUT2D eigenvalue weighted by Gasteiger charge is 2.37. The highest BCUT2D eigenvalue weighted by molar-refractivity contribution is 7.93. The lowest BCUT2D eigenvalue weighted by molar-refractivity contribution is -0.141. The van der Waals surface area contributed by atoms with Crippen LogP contribution in [0.4, 0.5) is 38.3 Å². The van der Waals surface area contributed by atoms with Crippen molar-refractivity contribution >= 4 is 33.2 Å². The van der Waals surface area contributed by atoms with Gasteiger partial charge in [0.1, 0.15) is 17.1 Å². The first-order valence-electron chi connectivity index (χ1n) is 12.4. The molecule has 8 nitrogen and oxygen atoms in total. The normalized spacial score (nSPS) is 17.4. The van der Waals surface area contributed by atoms with Gasteiger partial charge in [0.2, 0.25) is 5.92 Å². The molecule has 2 amide bonds. The van der Waals surface area contributed by atoms with Crippen LogP contribution >= 0.6 is 0 Å². The van der Waals surface area contributed by atoms with E-state index in [1.165, 1.54) is 42.3 Å². The Labute approximate surface area is 229 Å². The molecule has 1 atom stereocenters. The topological polar surface area (TPSA) is 101 Å². The van der Waals surface area contributed by atoms with Gasteiger partial charge in [-0.15, -0.1) is 4.36 Å². The molecule has 2 heterocycles. The molecular weight excluding hydrogens is 559 g/mol. The molecule has 1 aliphatic rings. The summed E-state index contributed by atoms with van der Waals surface area (Å²) < 4.78 is 90.6. The lowest BCUT2D eigenvalue weighted by atomic mass is 10.1. The number of carbonyl (C=O) groups excluding carboxylic acids is 2. The van der Waals surface area contributed by atoms with Crippen LogP contribution in [0.25, 0.3) is 0 Å². The van der Waals surface area contributed by atoms with Crippen molar-refractivity contribution in [2.45, 2.75) is 69.6 Å². The summed E-state index contributed by atoms with van der Waals surface area (Å²) >= 11 is 0. The average molecular weight is 591 g/mol. The van der Waals surface area contributed by atoms with Gasteiger partial charge in [-0.05, 0) is 63.9 Å². The number of aromatic nitrogens is 1. The van der Waals surface area contributed by atoms with Crippen LogP contribution in [0.1, 0.15) is 61.6 Å². The SMILES string of the molecule is Cc1cc(C(F)(F)F)nc(N2CCCC(F)(F)CC2)c1C(=O)Nc1cccc([S@@](C)(=O)=NC(=O)OC(C)(C)C)c1. The number of alkyl halides is 5. The minimum Gasteiger partial charge on any atom is -0.442 e. The van der Waals surface area contributed by atoms with Gasteiger partial charge in [-0.2, -0.15) is 13.2 Å². The van der Waals surface area contributed by atoms with Crippen LogP contribution in [0.15, 0.2) is 39.6 Å². The Morgan fingerprint density at radius 3 is 2.42 bits per heavy atom. The number of nitrogens with one attached hydrogen (secondary N) is 1. The second-order valence-corrected chi connectivity index (χ2v) is 12.8. The number of pyridine rings is 1. The number of amides is 2. The predicted octanol–water partition coefficient (Wildman–Crippen LogP) is 6.68. The van der Waals surface area contributed by atoms with Gasteiger partial charge in [0.05, 0.1) is 15.3 Å². The molecule has 0 aliphatic carbocycles. The molecule has 0 bridgehead atoms. The van der Waals surface area contributed by atoms with Gasteiger partial charge < -0.3 is 15.0 Å². The largest absolute Gasteiger partial charge is 0.442 e. The Morgan fingerprint density at radius 2 is 1.80 bits per heavy atom. The minimum absolute atomic E-state index is 0.000908. The molecule has 14 heteroatoms. The van der Waals surface area contributed by atoms with Crippen LogP contribution < -0.4 is 10.2 Å². The summed E-state index contributed by atoms with van der Waals surface area (Å²) in [6.07, 6.45) is -5.67. The second kappa shape index (κ2) is 11.3. The number of halogens is 5. The van der Waals surface area contributed by atoms with Gasteiger partial charge in [0, 0.05) is 42.8 Å². The van der Waals surface area contributed by atoms with Crippen LogP contribution in [0.5, 0.6) is 0 Å². The number of benzene rings is 1. The number of ether oxygens (including phenoxy) is 1. The zero-order valence-corrected chi connectivity index (χ0v) is 23.5. The lowest BCUT2D eigenvalue weighted by Crippen LogP contribution is -2.31. The molecule has 40 heavy (non-hydrogen) atoms. The van der Waals surface area contributed by atoms with Crippen molar-refractivity contribution in [1.82, 2.24) is 4.98 Å². The molecule has 1 aromatic heterocycles. The fourth-order valence-corrected chi connectivity index (χ4v) is 5.17. The summed E-state index contributed by atoms with van der Waals surface area (Å²) in [5.41, 5.74) is -2.26. The van der Waals surface area contributed by atoms with Crippen molar-refractivity contribution in [1.29, 1.82) is 0 Å². The first kappa shape index (κ1) is 31.2. The number of rotatable bonds is 4. The van der Waals surface area contributed by atoms with Crippen molar-refractivity contribution in [3.8, 4) is 0 Å². The molecule has 0 spiro atoms. The van der Waals surface area contributed by atoms with Crippen LogP contribution in [0, 0.1) is 6.92 Å². The number of hydrogen-bond donors (Lipinski definition) is 1. The van der Waals surface area contributed by atoms with E-state index in [-0.39, 0.29) is 47.0 Å². The third-order valence-electron chi connectivity index (χ3n) is 5.90. The second-order valence-electron chi connectivity index (χ2n) is 10.6. The zero-order valence-electron chi connectivity index (χ0n) is 22.7. The number of carbonyl (C=O) groups is 2. The molecule has 1 saturated heterocycles. The van der Waals surface area contributed by atoms with E-state index in [0.29, 0.717) is 0 Å². The van der Waals surface area contributed by atoms with Crippen molar-refractivity contribution in [2.24, 2.45) is 4.36 Å². The van der Waals surface area contributed by atoms with Crippen molar-refractivity contribution in [3.63, 3.8) is 0 Å². The van der Waals surface area contributed by atoms with E-state index in [0.717, 1.165) is 6.07 Å². The molecule has 1 aromatic carbocycles. The van der Waals surface area contributed by atoms with E-state index in [1.807, 2.05) is 0 Å². The van der Waals surface area contributed by atoms with Crippen molar-refractivity contribution < 1.29 is 40.5 Å². The van der Waals surface area contributed by atoms with E-state index in [1.54, 1.807) is 20.8 Å². The van der Waals surface area contributed by atoms with Crippen LogP contribution in [0.3, 0.4) is 0 Å². The molecule has 2 aromatic rings. The molecule has 0 radical (unpaired) electrons. The molecule has 0 saturated carbocycles. The van der Waals surface area contributed by atoms with Gasteiger partial charge in [-0.3, -0.25) is 4.79 Å². The number of nitrogens with zero attached hydrogens (tertiary/aromatic N) is 3. The summed E-state index contributed by atoms with van der Waals surface area (Å²) in [5.74, 6) is -4.17. The Morgan fingerprint density at radius 1 is 1.12 bits per heavy atom. The highest BCUT2D eigenvalue weighted by Crippen LogP contribution is 2.35. The highest BCUT2D eigenvalue weighted by atomic mass is 32.2. The summed E-state index contributed by atoms with van der Waals surface area (Å²) in [5, 5.41) is 2.55. The summed E-state index contributed by atoms with van der Waals surface area (Å²) in [4.78, 5) is 30.5. The maximum absolute atomic E-state index is 14.0. The lowest BCUT2D eigenvalue weighted by Gasteiger charge is -2.26. The van der Waals surface area contributed by atoms with Gasteiger partial charge >= 0.3 is 12.3 Å². The Kier molecular flexibility index (Phi) is 8.82. The summed E-state index contributed by atoms with van der Waals surface area (Å²) in [6, 6.07) is 6.37. The van der Waals surface area contributed by atoms with Gasteiger partial charge in [0.25, 0.3) is 5.91 Å². The Balaban J connectivity index is 1.98. The molecule has 220 valence electrons. The summed E-state index contributed by atoms with van der Waals surface area (Å²) in [6.45, 7) is 5.87. The maximum atomic E-state index is 14.0. The van der Waals surface area contributed by atoms with E-state index >= 15 is 0 Å². The summed E-state index contributed by atoms with van der Waals surface area (Å²) in [7, 11) is -3.29. The predicted molar refractivity (Wildman–Crippen MR) is 140 cm³/mol. The first-order chi connectivity index (χ1) is 18.3. The van der Waals surface area contributed by atoms with Gasteiger partial charge in [-0.1, -0.05) is 6.07 Å². The third-order valence-corrected chi connectivity index (χ3v) is 7.53. The Bertz CT molecular complexity index is 1410. The fraction of sp³-hybridized carbons (Fsp3) is 0.500. The van der Waals surface area contributed by atoms with E-state index in [9.17, 15) is 35.8 Å². The van der Waals surface area contributed by atoms with Crippen molar-refractivity contribution in [3.05, 3.63) is 47.2 Å². The van der Waals surface area contributed by atoms with Crippen molar-refractivity contribution in [2.75, 3.05) is 29.6 Å². The average Bonchev–Trinajstić information content (AvgIpc) is 2.96.